The van der Waals surface area contributed by atoms with Gasteiger partial charge >= 0.3 is 0 Å². The monoisotopic (exact) mass is 320 g/mol. The van der Waals surface area contributed by atoms with Gasteiger partial charge in [-0.2, -0.15) is 0 Å². The molecule has 5 nitrogen and oxygen atoms in total. The summed E-state index contributed by atoms with van der Waals surface area (Å²) in [5.41, 5.74) is 0.925. The molecule has 0 aliphatic heterocycles. The molecule has 6 heteroatoms. The first-order valence-corrected chi connectivity index (χ1v) is 7.36. The second-order valence-electron chi connectivity index (χ2n) is 5.67. The molecule has 0 fully saturated rings. The van der Waals surface area contributed by atoms with Crippen LogP contribution in [0.2, 0.25) is 0 Å². The number of carbonyl (C=O) groups is 1. The van der Waals surface area contributed by atoms with Crippen molar-refractivity contribution >= 4 is 5.91 Å². The zero-order valence-electron chi connectivity index (χ0n) is 13.8. The summed E-state index contributed by atoms with van der Waals surface area (Å²) in [5.74, 6) is 0.0668. The zero-order chi connectivity index (χ0) is 17.0. The van der Waals surface area contributed by atoms with E-state index in [0.717, 1.165) is 5.56 Å². The lowest BCUT2D eigenvalue weighted by Gasteiger charge is -2.29. The first-order chi connectivity index (χ1) is 10.9. The highest BCUT2D eigenvalue weighted by Gasteiger charge is 2.30. The van der Waals surface area contributed by atoms with Gasteiger partial charge in [-0.05, 0) is 26.8 Å². The van der Waals surface area contributed by atoms with E-state index in [9.17, 15) is 9.18 Å². The Morgan fingerprint density at radius 1 is 1.39 bits per heavy atom. The lowest BCUT2D eigenvalue weighted by Crippen LogP contribution is -2.41. The first kappa shape index (κ1) is 17.1. The third-order valence-corrected chi connectivity index (χ3v) is 4.04. The van der Waals surface area contributed by atoms with Gasteiger partial charge < -0.3 is 14.6 Å². The van der Waals surface area contributed by atoms with E-state index < -0.39 is 5.60 Å². The SMILES string of the molecule is COC(C)(CNC(=O)Cc1c(C)noc1C)c1ccccc1F. The summed E-state index contributed by atoms with van der Waals surface area (Å²) >= 11 is 0. The molecule has 1 amide bonds. The summed E-state index contributed by atoms with van der Waals surface area (Å²) in [6.45, 7) is 5.45. The van der Waals surface area contributed by atoms with E-state index in [2.05, 4.69) is 10.5 Å². The molecule has 23 heavy (non-hydrogen) atoms. The molecule has 1 atom stereocenters. The molecule has 1 N–H and O–H groups in total. The second-order valence-corrected chi connectivity index (χ2v) is 5.67. The molecule has 2 aromatic rings. The number of benzene rings is 1. The third-order valence-electron chi connectivity index (χ3n) is 4.04. The van der Waals surface area contributed by atoms with Gasteiger partial charge in [-0.15, -0.1) is 0 Å². The minimum absolute atomic E-state index is 0.159. The molecule has 1 aromatic carbocycles. The van der Waals surface area contributed by atoms with Crippen molar-refractivity contribution < 1.29 is 18.4 Å². The van der Waals surface area contributed by atoms with Gasteiger partial charge in [0.05, 0.1) is 18.7 Å². The maximum atomic E-state index is 14.0. The second kappa shape index (κ2) is 6.91. The number of nitrogens with zero attached hydrogens (tertiary/aromatic N) is 1. The highest BCUT2D eigenvalue weighted by atomic mass is 19.1. The number of carbonyl (C=O) groups excluding carboxylic acids is 1. The van der Waals surface area contributed by atoms with Crippen LogP contribution in [-0.4, -0.2) is 24.7 Å². The van der Waals surface area contributed by atoms with Crippen LogP contribution >= 0.6 is 0 Å². The van der Waals surface area contributed by atoms with Crippen molar-refractivity contribution in [1.29, 1.82) is 0 Å². The highest BCUT2D eigenvalue weighted by Crippen LogP contribution is 2.26. The summed E-state index contributed by atoms with van der Waals surface area (Å²) in [5, 5.41) is 6.62. The number of ether oxygens (including phenoxy) is 1. The molecule has 0 aliphatic carbocycles. The summed E-state index contributed by atoms with van der Waals surface area (Å²) in [4.78, 5) is 12.2. The summed E-state index contributed by atoms with van der Waals surface area (Å²) in [6, 6.07) is 6.38. The molecule has 124 valence electrons. The normalized spacial score (nSPS) is 13.6. The van der Waals surface area contributed by atoms with Crippen LogP contribution in [0.1, 0.15) is 29.5 Å². The number of hydrogen-bond acceptors (Lipinski definition) is 4. The van der Waals surface area contributed by atoms with Gasteiger partial charge in [0.25, 0.3) is 0 Å². The fourth-order valence-corrected chi connectivity index (χ4v) is 2.41. The highest BCUT2D eigenvalue weighted by molar-refractivity contribution is 5.79. The molecule has 0 spiro atoms. The zero-order valence-corrected chi connectivity index (χ0v) is 13.8. The Bertz CT molecular complexity index is 679. The van der Waals surface area contributed by atoms with Crippen molar-refractivity contribution in [3.05, 3.63) is 52.7 Å². The number of halogens is 1. The van der Waals surface area contributed by atoms with E-state index in [1.807, 2.05) is 0 Å². The molecule has 1 aromatic heterocycles. The van der Waals surface area contributed by atoms with Crippen LogP contribution in [0.25, 0.3) is 0 Å². The Kier molecular flexibility index (Phi) is 5.15. The Morgan fingerprint density at radius 3 is 2.65 bits per heavy atom. The topological polar surface area (TPSA) is 64.4 Å². The average molecular weight is 320 g/mol. The van der Waals surface area contributed by atoms with Crippen molar-refractivity contribution in [3.8, 4) is 0 Å². The number of methoxy groups -OCH3 is 1. The van der Waals surface area contributed by atoms with Crippen LogP contribution in [0.5, 0.6) is 0 Å². The van der Waals surface area contributed by atoms with Gasteiger partial charge in [0, 0.05) is 18.2 Å². The number of rotatable bonds is 6. The van der Waals surface area contributed by atoms with E-state index in [0.29, 0.717) is 17.0 Å². The molecule has 0 bridgehead atoms. The Hall–Kier alpha value is -2.21. The van der Waals surface area contributed by atoms with Crippen LogP contribution in [-0.2, 0) is 21.6 Å². The minimum atomic E-state index is -0.945. The van der Waals surface area contributed by atoms with Crippen molar-refractivity contribution in [2.75, 3.05) is 13.7 Å². The van der Waals surface area contributed by atoms with Gasteiger partial charge in [0.2, 0.25) is 5.91 Å². The number of nitrogens with one attached hydrogen (secondary N) is 1. The summed E-state index contributed by atoms with van der Waals surface area (Å²) < 4.78 is 24.5. The quantitative estimate of drug-likeness (QED) is 0.889. The van der Waals surface area contributed by atoms with E-state index in [-0.39, 0.29) is 24.7 Å². The van der Waals surface area contributed by atoms with Gasteiger partial charge in [-0.3, -0.25) is 4.79 Å². The fraction of sp³-hybridized carbons (Fsp3) is 0.412. The lowest BCUT2D eigenvalue weighted by molar-refractivity contribution is -0.122. The molecular weight excluding hydrogens is 299 g/mol. The van der Waals surface area contributed by atoms with Crippen LogP contribution in [0.4, 0.5) is 4.39 Å². The molecule has 1 unspecified atom stereocenters. The van der Waals surface area contributed by atoms with Crippen LogP contribution in [0, 0.1) is 19.7 Å². The Balaban J connectivity index is 2.06. The first-order valence-electron chi connectivity index (χ1n) is 7.36. The molecular formula is C17H21FN2O3. The van der Waals surface area contributed by atoms with Gasteiger partial charge in [0.1, 0.15) is 17.2 Å². The third kappa shape index (κ3) is 3.76. The predicted octanol–water partition coefficient (Wildman–Crippen LogP) is 2.65. The predicted molar refractivity (Wildman–Crippen MR) is 83.5 cm³/mol. The Labute approximate surface area is 134 Å². The maximum Gasteiger partial charge on any atom is 0.224 e. The summed E-state index contributed by atoms with van der Waals surface area (Å²) in [6.07, 6.45) is 0.165. The van der Waals surface area contributed by atoms with Crippen molar-refractivity contribution in [3.63, 3.8) is 0 Å². The molecule has 2 rings (SSSR count). The lowest BCUT2D eigenvalue weighted by atomic mass is 9.95. The number of aromatic nitrogens is 1. The van der Waals surface area contributed by atoms with E-state index in [4.69, 9.17) is 9.26 Å². The number of amides is 1. The molecule has 0 radical (unpaired) electrons. The van der Waals surface area contributed by atoms with E-state index in [1.54, 1.807) is 39.0 Å². The number of hydrogen-bond donors (Lipinski definition) is 1. The molecule has 1 heterocycles. The average Bonchev–Trinajstić information content (AvgIpc) is 2.85. The van der Waals surface area contributed by atoms with E-state index in [1.165, 1.54) is 13.2 Å². The van der Waals surface area contributed by atoms with Gasteiger partial charge in [-0.25, -0.2) is 4.39 Å². The molecule has 0 saturated heterocycles. The molecule has 0 aliphatic rings. The maximum absolute atomic E-state index is 14.0. The van der Waals surface area contributed by atoms with Crippen LogP contribution in [0.3, 0.4) is 0 Å². The largest absolute Gasteiger partial charge is 0.372 e. The number of aryl methyl sites for hydroxylation is 2. The Morgan fingerprint density at radius 2 is 2.09 bits per heavy atom. The standard InChI is InChI=1S/C17H21FN2O3/c1-11-13(12(2)23-20-11)9-16(21)19-10-17(3,22-4)14-7-5-6-8-15(14)18/h5-8H,9-10H2,1-4H3,(H,19,21). The van der Waals surface area contributed by atoms with Crippen molar-refractivity contribution in [2.45, 2.75) is 32.8 Å². The van der Waals surface area contributed by atoms with Crippen LogP contribution in [0.15, 0.2) is 28.8 Å². The van der Waals surface area contributed by atoms with E-state index >= 15 is 0 Å². The van der Waals surface area contributed by atoms with Crippen LogP contribution < -0.4 is 5.32 Å². The molecule has 0 saturated carbocycles. The van der Waals surface area contributed by atoms with Crippen molar-refractivity contribution in [2.24, 2.45) is 0 Å². The van der Waals surface area contributed by atoms with Crippen molar-refractivity contribution in [1.82, 2.24) is 10.5 Å². The van der Waals surface area contributed by atoms with Gasteiger partial charge in [0.15, 0.2) is 0 Å². The smallest absolute Gasteiger partial charge is 0.224 e. The van der Waals surface area contributed by atoms with Gasteiger partial charge in [-0.1, -0.05) is 23.4 Å². The minimum Gasteiger partial charge on any atom is -0.372 e. The summed E-state index contributed by atoms with van der Waals surface area (Å²) in [7, 11) is 1.49. The fourth-order valence-electron chi connectivity index (χ4n) is 2.41.